The number of halogens is 2. The van der Waals surface area contributed by atoms with Gasteiger partial charge < -0.3 is 9.52 Å². The van der Waals surface area contributed by atoms with E-state index in [1.54, 1.807) is 19.9 Å². The molecule has 2 rings (SSSR count). The fourth-order valence-corrected chi connectivity index (χ4v) is 1.99. The van der Waals surface area contributed by atoms with Crippen LogP contribution < -0.4 is 0 Å². The summed E-state index contributed by atoms with van der Waals surface area (Å²) in [5.41, 5.74) is 0.447. The van der Waals surface area contributed by atoms with Gasteiger partial charge in [0.1, 0.15) is 5.82 Å². The first-order chi connectivity index (χ1) is 8.90. The second-order valence-electron chi connectivity index (χ2n) is 4.32. The molecule has 0 spiro atoms. The summed E-state index contributed by atoms with van der Waals surface area (Å²) in [6.07, 6.45) is 0. The number of hydrogen-bond donors (Lipinski definition) is 1. The molecule has 0 saturated carbocycles. The van der Waals surface area contributed by atoms with Crippen LogP contribution in [0.2, 0.25) is 0 Å². The molecule has 1 heterocycles. The second-order valence-corrected chi connectivity index (χ2v) is 5.23. The Morgan fingerprint density at radius 2 is 2.16 bits per heavy atom. The number of carboxylic acid groups (broad SMARTS) is 1. The molecule has 0 saturated heterocycles. The lowest BCUT2D eigenvalue weighted by atomic mass is 10.1. The molecule has 0 aliphatic carbocycles. The second kappa shape index (κ2) is 5.13. The molecule has 4 nitrogen and oxygen atoms in total. The predicted molar refractivity (Wildman–Crippen MR) is 70.6 cm³/mol. The molecule has 0 aliphatic rings. The minimum absolute atomic E-state index is 0.0221. The van der Waals surface area contributed by atoms with Crippen molar-refractivity contribution in [1.82, 2.24) is 4.98 Å². The summed E-state index contributed by atoms with van der Waals surface area (Å²) in [6, 6.07) is 4.40. The molecule has 100 valence electrons. The smallest absolute Gasteiger partial charge is 0.373 e. The molecular formula is C13H11BrFNO3. The van der Waals surface area contributed by atoms with Crippen LogP contribution in [0.3, 0.4) is 0 Å². The van der Waals surface area contributed by atoms with Crippen LogP contribution in [0.5, 0.6) is 0 Å². The molecule has 0 aliphatic heterocycles. The van der Waals surface area contributed by atoms with Crippen LogP contribution in [-0.2, 0) is 0 Å². The molecular weight excluding hydrogens is 317 g/mol. The summed E-state index contributed by atoms with van der Waals surface area (Å²) in [6.45, 7) is 3.60. The Balaban J connectivity index is 2.57. The van der Waals surface area contributed by atoms with E-state index in [0.29, 0.717) is 10.2 Å². The van der Waals surface area contributed by atoms with Gasteiger partial charge in [-0.2, -0.15) is 0 Å². The standard InChI is InChI=1S/C13H11BrFNO3/c1-6(2)10-11(13(17)18)19-12(16-10)8-4-3-7(14)5-9(8)15/h3-6H,1-2H3,(H,17,18). The molecule has 0 radical (unpaired) electrons. The number of hydrogen-bond acceptors (Lipinski definition) is 3. The number of nitrogens with zero attached hydrogens (tertiary/aromatic N) is 1. The van der Waals surface area contributed by atoms with Crippen LogP contribution in [-0.4, -0.2) is 16.1 Å². The van der Waals surface area contributed by atoms with Crippen LogP contribution in [0.1, 0.15) is 36.0 Å². The number of aromatic nitrogens is 1. The minimum Gasteiger partial charge on any atom is -0.475 e. The highest BCUT2D eigenvalue weighted by atomic mass is 79.9. The third-order valence-electron chi connectivity index (χ3n) is 2.56. The van der Waals surface area contributed by atoms with Crippen LogP contribution in [0, 0.1) is 5.82 Å². The van der Waals surface area contributed by atoms with Gasteiger partial charge in [0.25, 0.3) is 0 Å². The van der Waals surface area contributed by atoms with Crippen molar-refractivity contribution in [3.8, 4) is 11.5 Å². The van der Waals surface area contributed by atoms with Gasteiger partial charge in [-0.3, -0.25) is 0 Å². The van der Waals surface area contributed by atoms with E-state index in [1.807, 2.05) is 0 Å². The summed E-state index contributed by atoms with van der Waals surface area (Å²) in [5.74, 6) is -2.12. The summed E-state index contributed by atoms with van der Waals surface area (Å²) in [4.78, 5) is 15.2. The molecule has 1 N–H and O–H groups in total. The number of carbonyl (C=O) groups is 1. The molecule has 0 fully saturated rings. The van der Waals surface area contributed by atoms with Crippen molar-refractivity contribution in [2.24, 2.45) is 0 Å². The highest BCUT2D eigenvalue weighted by molar-refractivity contribution is 9.10. The monoisotopic (exact) mass is 327 g/mol. The normalized spacial score (nSPS) is 11.0. The van der Waals surface area contributed by atoms with Crippen molar-refractivity contribution < 1.29 is 18.7 Å². The first-order valence-electron chi connectivity index (χ1n) is 5.59. The van der Waals surface area contributed by atoms with E-state index in [0.717, 1.165) is 0 Å². The Kier molecular flexibility index (Phi) is 3.71. The fourth-order valence-electron chi connectivity index (χ4n) is 1.65. The van der Waals surface area contributed by atoms with Gasteiger partial charge >= 0.3 is 5.97 Å². The maximum Gasteiger partial charge on any atom is 0.373 e. The molecule has 0 unspecified atom stereocenters. The Morgan fingerprint density at radius 1 is 1.47 bits per heavy atom. The number of rotatable bonds is 3. The van der Waals surface area contributed by atoms with Crippen molar-refractivity contribution >= 4 is 21.9 Å². The lowest BCUT2D eigenvalue weighted by Gasteiger charge is -1.99. The number of oxazole rings is 1. The Morgan fingerprint density at radius 3 is 2.63 bits per heavy atom. The van der Waals surface area contributed by atoms with Gasteiger partial charge in [0.2, 0.25) is 11.7 Å². The van der Waals surface area contributed by atoms with Crippen molar-refractivity contribution in [1.29, 1.82) is 0 Å². The van der Waals surface area contributed by atoms with Crippen LogP contribution in [0.25, 0.3) is 11.5 Å². The third kappa shape index (κ3) is 2.68. The first kappa shape index (κ1) is 13.7. The van der Waals surface area contributed by atoms with Crippen molar-refractivity contribution in [3.63, 3.8) is 0 Å². The zero-order valence-electron chi connectivity index (χ0n) is 10.3. The summed E-state index contributed by atoms with van der Waals surface area (Å²) >= 11 is 3.15. The van der Waals surface area contributed by atoms with E-state index in [-0.39, 0.29) is 23.1 Å². The minimum atomic E-state index is -1.21. The topological polar surface area (TPSA) is 63.3 Å². The quantitative estimate of drug-likeness (QED) is 0.923. The largest absolute Gasteiger partial charge is 0.475 e. The van der Waals surface area contributed by atoms with Gasteiger partial charge in [-0.25, -0.2) is 14.2 Å². The third-order valence-corrected chi connectivity index (χ3v) is 3.05. The SMILES string of the molecule is CC(C)c1nc(-c2ccc(Br)cc2F)oc1C(=O)O. The molecule has 0 atom stereocenters. The first-order valence-corrected chi connectivity index (χ1v) is 6.39. The number of aromatic carboxylic acids is 1. The van der Waals surface area contributed by atoms with Crippen molar-refractivity contribution in [3.05, 3.63) is 39.9 Å². The van der Waals surface area contributed by atoms with Gasteiger partial charge in [-0.05, 0) is 24.1 Å². The highest BCUT2D eigenvalue weighted by Gasteiger charge is 2.23. The van der Waals surface area contributed by atoms with Crippen molar-refractivity contribution in [2.45, 2.75) is 19.8 Å². The Bertz CT molecular complexity index is 637. The van der Waals surface area contributed by atoms with Crippen LogP contribution in [0.15, 0.2) is 27.1 Å². The van der Waals surface area contributed by atoms with Gasteiger partial charge in [0.05, 0.1) is 11.3 Å². The predicted octanol–water partition coefficient (Wildman–Crippen LogP) is 4.06. The van der Waals surface area contributed by atoms with E-state index in [4.69, 9.17) is 9.52 Å². The van der Waals surface area contributed by atoms with E-state index in [1.165, 1.54) is 12.1 Å². The lowest BCUT2D eigenvalue weighted by Crippen LogP contribution is -2.01. The number of benzene rings is 1. The average molecular weight is 328 g/mol. The highest BCUT2D eigenvalue weighted by Crippen LogP contribution is 2.29. The van der Waals surface area contributed by atoms with E-state index >= 15 is 0 Å². The molecule has 1 aromatic carbocycles. The van der Waals surface area contributed by atoms with E-state index < -0.39 is 11.8 Å². The van der Waals surface area contributed by atoms with Crippen LogP contribution >= 0.6 is 15.9 Å². The van der Waals surface area contributed by atoms with Gasteiger partial charge in [0, 0.05) is 4.47 Å². The number of carboxylic acids is 1. The average Bonchev–Trinajstić information content (AvgIpc) is 2.73. The zero-order chi connectivity index (χ0) is 14.2. The Labute approximate surface area is 117 Å². The van der Waals surface area contributed by atoms with Crippen LogP contribution in [0.4, 0.5) is 4.39 Å². The van der Waals surface area contributed by atoms with Gasteiger partial charge in [0.15, 0.2) is 0 Å². The zero-order valence-corrected chi connectivity index (χ0v) is 11.9. The molecule has 0 amide bonds. The van der Waals surface area contributed by atoms with Gasteiger partial charge in [-0.1, -0.05) is 29.8 Å². The lowest BCUT2D eigenvalue weighted by molar-refractivity contribution is 0.0661. The summed E-state index contributed by atoms with van der Waals surface area (Å²) in [5, 5.41) is 9.05. The molecule has 2 aromatic rings. The summed E-state index contributed by atoms with van der Waals surface area (Å²) < 4.78 is 19.6. The Hall–Kier alpha value is -1.69. The van der Waals surface area contributed by atoms with Gasteiger partial charge in [-0.15, -0.1) is 0 Å². The molecule has 19 heavy (non-hydrogen) atoms. The molecule has 0 bridgehead atoms. The maximum atomic E-state index is 13.8. The maximum absolute atomic E-state index is 13.8. The van der Waals surface area contributed by atoms with Crippen molar-refractivity contribution in [2.75, 3.05) is 0 Å². The fraction of sp³-hybridized carbons (Fsp3) is 0.231. The summed E-state index contributed by atoms with van der Waals surface area (Å²) in [7, 11) is 0. The van der Waals surface area contributed by atoms with E-state index in [9.17, 15) is 9.18 Å². The molecule has 6 heteroatoms. The molecule has 1 aromatic heterocycles. The van der Waals surface area contributed by atoms with E-state index in [2.05, 4.69) is 20.9 Å².